The Morgan fingerprint density at radius 2 is 1.86 bits per heavy atom. The van der Waals surface area contributed by atoms with E-state index < -0.39 is 0 Å². The number of para-hydroxylation sites is 1. The van der Waals surface area contributed by atoms with Gasteiger partial charge in [0.25, 0.3) is 0 Å². The van der Waals surface area contributed by atoms with Crippen LogP contribution in [0, 0.1) is 0 Å². The average molecular weight is 438 g/mol. The number of carbonyl (C=O) groups is 1. The molecule has 3 aromatic rings. The van der Waals surface area contributed by atoms with Gasteiger partial charge in [-0.2, -0.15) is 0 Å². The van der Waals surface area contributed by atoms with Gasteiger partial charge in [0.05, 0.1) is 22.8 Å². The minimum atomic E-state index is -0.207. The van der Waals surface area contributed by atoms with Crippen LogP contribution >= 0.6 is 35.0 Å². The zero-order valence-electron chi connectivity index (χ0n) is 14.9. The second kappa shape index (κ2) is 9.18. The van der Waals surface area contributed by atoms with Crippen molar-refractivity contribution in [2.75, 3.05) is 24.0 Å². The number of halogens is 2. The van der Waals surface area contributed by atoms with Crippen molar-refractivity contribution in [2.45, 2.75) is 11.6 Å². The number of thioether (sulfide) groups is 1. The van der Waals surface area contributed by atoms with E-state index in [1.807, 2.05) is 24.3 Å². The zero-order chi connectivity index (χ0) is 20.1. The Hall–Kier alpha value is -2.42. The van der Waals surface area contributed by atoms with E-state index in [0.29, 0.717) is 32.5 Å². The highest BCUT2D eigenvalue weighted by atomic mass is 35.5. The predicted octanol–water partition coefficient (Wildman–Crippen LogP) is 4.10. The van der Waals surface area contributed by atoms with E-state index >= 15 is 0 Å². The topological polar surface area (TPSA) is 95.1 Å². The molecule has 1 amide bonds. The van der Waals surface area contributed by atoms with Gasteiger partial charge >= 0.3 is 0 Å². The third kappa shape index (κ3) is 4.70. The normalized spacial score (nSPS) is 10.7. The average Bonchev–Trinajstić information content (AvgIpc) is 3.05. The molecule has 0 atom stereocenters. The van der Waals surface area contributed by atoms with Crippen LogP contribution in [0.2, 0.25) is 10.0 Å². The van der Waals surface area contributed by atoms with Crippen LogP contribution in [-0.4, -0.2) is 33.6 Å². The molecule has 28 heavy (non-hydrogen) atoms. The summed E-state index contributed by atoms with van der Waals surface area (Å²) in [5.74, 6) is 7.61. The van der Waals surface area contributed by atoms with Gasteiger partial charge in [-0.1, -0.05) is 41.0 Å². The van der Waals surface area contributed by atoms with E-state index in [2.05, 4.69) is 15.5 Å². The second-order valence-corrected chi connectivity index (χ2v) is 7.52. The van der Waals surface area contributed by atoms with Crippen LogP contribution in [0.3, 0.4) is 0 Å². The number of carbonyl (C=O) groups excluding carboxylic acids is 1. The van der Waals surface area contributed by atoms with E-state index in [9.17, 15) is 4.79 Å². The number of aromatic nitrogens is 3. The smallest absolute Gasteiger partial charge is 0.225 e. The van der Waals surface area contributed by atoms with Crippen LogP contribution in [0.15, 0.2) is 47.6 Å². The number of nitrogens with zero attached hydrogens (tertiary/aromatic N) is 3. The van der Waals surface area contributed by atoms with Gasteiger partial charge in [-0.25, -0.2) is 4.68 Å². The number of benzene rings is 2. The van der Waals surface area contributed by atoms with Crippen LogP contribution < -0.4 is 15.9 Å². The van der Waals surface area contributed by atoms with Gasteiger partial charge in [-0.05, 0) is 36.4 Å². The molecule has 0 aliphatic rings. The number of hydrogen-bond acceptors (Lipinski definition) is 6. The Bertz CT molecular complexity index is 958. The van der Waals surface area contributed by atoms with Crippen molar-refractivity contribution in [3.63, 3.8) is 0 Å². The Morgan fingerprint density at radius 3 is 2.50 bits per heavy atom. The quantitative estimate of drug-likeness (QED) is 0.426. The van der Waals surface area contributed by atoms with Crippen LogP contribution in [-0.2, 0) is 4.79 Å². The van der Waals surface area contributed by atoms with Gasteiger partial charge in [0, 0.05) is 17.7 Å². The lowest BCUT2D eigenvalue weighted by atomic mass is 10.2. The minimum absolute atomic E-state index is 0.207. The molecular formula is C18H17Cl2N5O2S. The summed E-state index contributed by atoms with van der Waals surface area (Å²) in [6.07, 6.45) is 0.233. The Labute approximate surface area is 176 Å². The van der Waals surface area contributed by atoms with E-state index in [1.165, 1.54) is 16.4 Å². The number of anilines is 1. The van der Waals surface area contributed by atoms with Crippen molar-refractivity contribution in [1.29, 1.82) is 0 Å². The summed E-state index contributed by atoms with van der Waals surface area (Å²) in [7, 11) is 1.60. The van der Waals surface area contributed by atoms with Crippen molar-refractivity contribution in [3.8, 4) is 17.1 Å². The van der Waals surface area contributed by atoms with Crippen molar-refractivity contribution in [3.05, 3.63) is 52.5 Å². The molecule has 0 unspecified atom stereocenters. The van der Waals surface area contributed by atoms with Gasteiger partial charge in [0.2, 0.25) is 11.1 Å². The van der Waals surface area contributed by atoms with Crippen molar-refractivity contribution >= 4 is 46.6 Å². The fourth-order valence-corrected chi connectivity index (χ4v) is 3.65. The zero-order valence-corrected chi connectivity index (χ0v) is 17.2. The van der Waals surface area contributed by atoms with Crippen LogP contribution in [0.1, 0.15) is 6.42 Å². The molecule has 0 spiro atoms. The molecule has 7 nitrogen and oxygen atoms in total. The molecule has 3 N–H and O–H groups in total. The molecular weight excluding hydrogens is 421 g/mol. The highest BCUT2D eigenvalue weighted by Crippen LogP contribution is 2.30. The summed E-state index contributed by atoms with van der Waals surface area (Å²) in [5.41, 5.74) is 1.22. The number of nitrogens with one attached hydrogen (secondary N) is 1. The van der Waals surface area contributed by atoms with Gasteiger partial charge < -0.3 is 15.9 Å². The summed E-state index contributed by atoms with van der Waals surface area (Å²) in [4.78, 5) is 12.2. The maximum atomic E-state index is 12.2. The van der Waals surface area contributed by atoms with Crippen LogP contribution in [0.25, 0.3) is 11.4 Å². The molecule has 0 saturated heterocycles. The first-order valence-electron chi connectivity index (χ1n) is 8.21. The van der Waals surface area contributed by atoms with Gasteiger partial charge in [-0.15, -0.1) is 10.2 Å². The highest BCUT2D eigenvalue weighted by Gasteiger charge is 2.14. The van der Waals surface area contributed by atoms with Crippen molar-refractivity contribution in [1.82, 2.24) is 14.9 Å². The number of nitrogens with two attached hydrogens (primary N) is 1. The molecule has 1 heterocycles. The summed E-state index contributed by atoms with van der Waals surface area (Å²) >= 11 is 13.4. The number of hydrogen-bond donors (Lipinski definition) is 2. The molecule has 146 valence electrons. The Balaban J connectivity index is 1.58. The maximum Gasteiger partial charge on any atom is 0.225 e. The molecule has 1 aromatic heterocycles. The number of nitrogen functional groups attached to an aromatic ring is 1. The monoisotopic (exact) mass is 437 g/mol. The number of rotatable bonds is 7. The molecule has 2 aromatic carbocycles. The number of amides is 1. The molecule has 0 aliphatic carbocycles. The predicted molar refractivity (Wildman–Crippen MR) is 113 cm³/mol. The van der Waals surface area contributed by atoms with Gasteiger partial charge in [0.15, 0.2) is 5.82 Å². The molecule has 0 fully saturated rings. The highest BCUT2D eigenvalue weighted by molar-refractivity contribution is 7.99. The minimum Gasteiger partial charge on any atom is -0.497 e. The third-order valence-corrected chi connectivity index (χ3v) is 5.37. The van der Waals surface area contributed by atoms with Crippen LogP contribution in [0.5, 0.6) is 5.75 Å². The van der Waals surface area contributed by atoms with E-state index in [-0.39, 0.29) is 12.3 Å². The summed E-state index contributed by atoms with van der Waals surface area (Å²) in [6.45, 7) is 0. The number of ether oxygens (including phenoxy) is 1. The first kappa shape index (κ1) is 20.3. The van der Waals surface area contributed by atoms with E-state index in [4.69, 9.17) is 33.8 Å². The lowest BCUT2D eigenvalue weighted by Gasteiger charge is -2.09. The summed E-state index contributed by atoms with van der Waals surface area (Å²) < 4.78 is 6.54. The second-order valence-electron chi connectivity index (χ2n) is 5.65. The molecule has 3 rings (SSSR count). The molecule has 0 aliphatic heterocycles. The van der Waals surface area contributed by atoms with Gasteiger partial charge in [-0.3, -0.25) is 4.79 Å². The third-order valence-electron chi connectivity index (χ3n) is 3.80. The van der Waals surface area contributed by atoms with Gasteiger partial charge in [0.1, 0.15) is 5.75 Å². The Kier molecular flexibility index (Phi) is 6.66. The molecule has 10 heteroatoms. The summed E-state index contributed by atoms with van der Waals surface area (Å²) in [5, 5.41) is 12.2. The fraction of sp³-hybridized carbons (Fsp3) is 0.167. The standard InChI is InChI=1S/C18H17Cl2N5O2S/c1-27-12-7-5-11(6-8-12)17-23-24-18(25(17)21)28-10-9-15(26)22-16-13(19)3-2-4-14(16)20/h2-8H,9-10,21H2,1H3,(H,22,26). The molecule has 0 radical (unpaired) electrons. The largest absolute Gasteiger partial charge is 0.497 e. The molecule has 0 saturated carbocycles. The van der Waals surface area contributed by atoms with E-state index in [1.54, 1.807) is 25.3 Å². The first-order chi connectivity index (χ1) is 13.5. The first-order valence-corrected chi connectivity index (χ1v) is 9.95. The van der Waals surface area contributed by atoms with E-state index in [0.717, 1.165) is 11.3 Å². The summed E-state index contributed by atoms with van der Waals surface area (Å²) in [6, 6.07) is 12.4. The van der Waals surface area contributed by atoms with Crippen molar-refractivity contribution < 1.29 is 9.53 Å². The van der Waals surface area contributed by atoms with Crippen molar-refractivity contribution in [2.24, 2.45) is 0 Å². The number of methoxy groups -OCH3 is 1. The van der Waals surface area contributed by atoms with Crippen LogP contribution in [0.4, 0.5) is 5.69 Å². The molecule has 0 bridgehead atoms. The Morgan fingerprint density at radius 1 is 1.18 bits per heavy atom. The lowest BCUT2D eigenvalue weighted by Crippen LogP contribution is -2.14. The lowest BCUT2D eigenvalue weighted by molar-refractivity contribution is -0.115. The SMILES string of the molecule is COc1ccc(-c2nnc(SCCC(=O)Nc3c(Cl)cccc3Cl)n2N)cc1. The fourth-order valence-electron chi connectivity index (χ4n) is 2.37. The maximum absolute atomic E-state index is 12.2.